The van der Waals surface area contributed by atoms with Gasteiger partial charge in [-0.15, -0.1) is 11.3 Å². The van der Waals surface area contributed by atoms with Gasteiger partial charge in [-0.25, -0.2) is 0 Å². The van der Waals surface area contributed by atoms with Crippen molar-refractivity contribution in [3.63, 3.8) is 0 Å². The molecule has 17 heavy (non-hydrogen) atoms. The monoisotopic (exact) mass is 376 g/mol. The molecule has 0 saturated heterocycles. The molecular formula is C13H14Br2OS. The van der Waals surface area contributed by atoms with Crippen molar-refractivity contribution in [2.24, 2.45) is 17.8 Å². The summed E-state index contributed by atoms with van der Waals surface area (Å²) in [5.41, 5.74) is 0. The van der Waals surface area contributed by atoms with E-state index in [1.54, 1.807) is 11.3 Å². The van der Waals surface area contributed by atoms with Gasteiger partial charge in [-0.1, -0.05) is 6.42 Å². The Hall–Kier alpha value is 0.330. The zero-order valence-corrected chi connectivity index (χ0v) is 13.4. The first-order chi connectivity index (χ1) is 8.15. The molecule has 0 aliphatic heterocycles. The number of ketones is 1. The van der Waals surface area contributed by atoms with Gasteiger partial charge in [0.05, 0.1) is 9.35 Å². The van der Waals surface area contributed by atoms with Gasteiger partial charge in [0.25, 0.3) is 0 Å². The summed E-state index contributed by atoms with van der Waals surface area (Å²) in [5, 5.41) is 1.98. The summed E-state index contributed by atoms with van der Waals surface area (Å²) in [5.74, 6) is 2.75. The van der Waals surface area contributed by atoms with E-state index in [4.69, 9.17) is 0 Å². The van der Waals surface area contributed by atoms with Crippen LogP contribution in [0, 0.1) is 17.8 Å². The number of hydrogen-bond acceptors (Lipinski definition) is 2. The van der Waals surface area contributed by atoms with E-state index in [1.165, 1.54) is 25.7 Å². The van der Waals surface area contributed by atoms with E-state index in [2.05, 4.69) is 31.9 Å². The second kappa shape index (κ2) is 4.78. The quantitative estimate of drug-likeness (QED) is 0.654. The average Bonchev–Trinajstić information content (AvgIpc) is 2.96. The molecule has 3 rings (SSSR count). The number of thiophene rings is 1. The summed E-state index contributed by atoms with van der Waals surface area (Å²) in [4.78, 5) is 13.2. The fraction of sp³-hybridized carbons (Fsp3) is 0.615. The lowest BCUT2D eigenvalue weighted by molar-refractivity contribution is 0.0947. The molecule has 3 atom stereocenters. The number of carbonyl (C=O) groups excluding carboxylic acids is 1. The van der Waals surface area contributed by atoms with E-state index < -0.39 is 0 Å². The van der Waals surface area contributed by atoms with Crippen LogP contribution in [0.3, 0.4) is 0 Å². The SMILES string of the molecule is O=C(CC1CC2CCC1C2)c1scc(Br)c1Br. The highest BCUT2D eigenvalue weighted by Crippen LogP contribution is 2.50. The Bertz CT molecular complexity index is 454. The molecule has 0 radical (unpaired) electrons. The van der Waals surface area contributed by atoms with Gasteiger partial charge < -0.3 is 0 Å². The van der Waals surface area contributed by atoms with Gasteiger partial charge in [0.2, 0.25) is 0 Å². The van der Waals surface area contributed by atoms with Crippen molar-refractivity contribution in [2.45, 2.75) is 32.1 Å². The Morgan fingerprint density at radius 1 is 1.35 bits per heavy atom. The molecule has 4 heteroatoms. The van der Waals surface area contributed by atoms with Crippen LogP contribution < -0.4 is 0 Å². The summed E-state index contributed by atoms with van der Waals surface area (Å²) in [6.07, 6.45) is 6.20. The van der Waals surface area contributed by atoms with Crippen LogP contribution in [0.5, 0.6) is 0 Å². The second-order valence-electron chi connectivity index (χ2n) is 5.29. The van der Waals surface area contributed by atoms with Crippen LogP contribution in [0.2, 0.25) is 0 Å². The Balaban J connectivity index is 1.70. The molecule has 2 fully saturated rings. The number of halogens is 2. The van der Waals surface area contributed by atoms with Crippen LogP contribution in [0.15, 0.2) is 14.3 Å². The van der Waals surface area contributed by atoms with Gasteiger partial charge in [-0.3, -0.25) is 4.79 Å². The van der Waals surface area contributed by atoms with Gasteiger partial charge in [0.15, 0.2) is 5.78 Å². The minimum atomic E-state index is 0.324. The third-order valence-corrected chi connectivity index (χ3v) is 7.84. The zero-order valence-electron chi connectivity index (χ0n) is 9.42. The van der Waals surface area contributed by atoms with Crippen LogP contribution in [0.4, 0.5) is 0 Å². The lowest BCUT2D eigenvalue weighted by Gasteiger charge is -2.20. The van der Waals surface area contributed by atoms with E-state index in [0.29, 0.717) is 11.7 Å². The van der Waals surface area contributed by atoms with Crippen molar-refractivity contribution in [2.75, 3.05) is 0 Å². The van der Waals surface area contributed by atoms with Gasteiger partial charge in [-0.05, 0) is 68.9 Å². The normalized spacial score (nSPS) is 31.1. The maximum atomic E-state index is 12.3. The van der Waals surface area contributed by atoms with Gasteiger partial charge in [0, 0.05) is 16.3 Å². The molecule has 2 bridgehead atoms. The lowest BCUT2D eigenvalue weighted by atomic mass is 9.85. The highest BCUT2D eigenvalue weighted by Gasteiger charge is 2.40. The molecule has 2 aliphatic rings. The maximum absolute atomic E-state index is 12.3. The minimum absolute atomic E-state index is 0.324. The number of fused-ring (bicyclic) bond motifs is 2. The van der Waals surface area contributed by atoms with Crippen molar-refractivity contribution >= 4 is 49.0 Å². The average molecular weight is 378 g/mol. The third-order valence-electron chi connectivity index (χ3n) is 4.27. The smallest absolute Gasteiger partial charge is 0.174 e. The van der Waals surface area contributed by atoms with E-state index in [-0.39, 0.29) is 0 Å². The molecule has 0 aromatic carbocycles. The molecule has 1 aromatic rings. The van der Waals surface area contributed by atoms with E-state index >= 15 is 0 Å². The molecule has 3 unspecified atom stereocenters. The van der Waals surface area contributed by atoms with Crippen molar-refractivity contribution in [1.29, 1.82) is 0 Å². The van der Waals surface area contributed by atoms with E-state index in [0.717, 1.165) is 32.1 Å². The third kappa shape index (κ3) is 2.28. The first-order valence-electron chi connectivity index (χ1n) is 6.11. The molecule has 0 amide bonds. The maximum Gasteiger partial charge on any atom is 0.174 e. The minimum Gasteiger partial charge on any atom is -0.293 e. The Morgan fingerprint density at radius 2 is 2.18 bits per heavy atom. The summed E-state index contributed by atoms with van der Waals surface area (Å²) < 4.78 is 1.94. The topological polar surface area (TPSA) is 17.1 Å². The predicted octanol–water partition coefficient (Wildman–Crippen LogP) is 5.28. The molecule has 92 valence electrons. The number of hydrogen-bond donors (Lipinski definition) is 0. The molecular weight excluding hydrogens is 364 g/mol. The van der Waals surface area contributed by atoms with Gasteiger partial charge >= 0.3 is 0 Å². The van der Waals surface area contributed by atoms with Crippen molar-refractivity contribution in [3.05, 3.63) is 19.2 Å². The molecule has 0 spiro atoms. The van der Waals surface area contributed by atoms with E-state index in [1.807, 2.05) is 5.38 Å². The molecule has 2 saturated carbocycles. The van der Waals surface area contributed by atoms with Crippen LogP contribution in [0.1, 0.15) is 41.8 Å². The van der Waals surface area contributed by atoms with Crippen LogP contribution in [-0.4, -0.2) is 5.78 Å². The van der Waals surface area contributed by atoms with Crippen molar-refractivity contribution in [3.8, 4) is 0 Å². The first-order valence-corrected chi connectivity index (χ1v) is 8.57. The largest absolute Gasteiger partial charge is 0.293 e. The number of rotatable bonds is 3. The molecule has 2 aliphatic carbocycles. The summed E-state index contributed by atoms with van der Waals surface area (Å²) in [6, 6.07) is 0. The number of Topliss-reactive ketones (excluding diaryl/α,β-unsaturated/α-hetero) is 1. The predicted molar refractivity (Wildman–Crippen MR) is 77.6 cm³/mol. The first kappa shape index (κ1) is 12.4. The van der Waals surface area contributed by atoms with Crippen molar-refractivity contribution in [1.82, 2.24) is 0 Å². The fourth-order valence-corrected chi connectivity index (χ4v) is 5.61. The summed E-state index contributed by atoms with van der Waals surface area (Å²) >= 11 is 8.47. The molecule has 1 heterocycles. The van der Waals surface area contributed by atoms with Gasteiger partial charge in [0.1, 0.15) is 0 Å². The molecule has 1 aromatic heterocycles. The van der Waals surface area contributed by atoms with Crippen LogP contribution in [-0.2, 0) is 0 Å². The summed E-state index contributed by atoms with van der Waals surface area (Å²) in [7, 11) is 0. The lowest BCUT2D eigenvalue weighted by Crippen LogP contribution is -2.14. The molecule has 0 N–H and O–H groups in total. The Labute approximate surface area is 122 Å². The highest BCUT2D eigenvalue weighted by atomic mass is 79.9. The Morgan fingerprint density at radius 3 is 2.71 bits per heavy atom. The Kier molecular flexibility index (Phi) is 3.48. The highest BCUT2D eigenvalue weighted by molar-refractivity contribution is 9.13. The zero-order chi connectivity index (χ0) is 12.0. The fourth-order valence-electron chi connectivity index (χ4n) is 3.47. The number of carbonyl (C=O) groups is 1. The van der Waals surface area contributed by atoms with E-state index in [9.17, 15) is 4.79 Å². The standard InChI is InChI=1S/C13H14Br2OS/c14-10-6-17-13(12(10)15)11(16)5-9-4-7-1-2-8(9)3-7/h6-9H,1-5H2. The van der Waals surface area contributed by atoms with Gasteiger partial charge in [-0.2, -0.15) is 0 Å². The second-order valence-corrected chi connectivity index (χ2v) is 7.82. The van der Waals surface area contributed by atoms with Crippen LogP contribution >= 0.6 is 43.2 Å². The van der Waals surface area contributed by atoms with Crippen molar-refractivity contribution < 1.29 is 4.79 Å². The van der Waals surface area contributed by atoms with Crippen LogP contribution in [0.25, 0.3) is 0 Å². The summed E-state index contributed by atoms with van der Waals surface area (Å²) in [6.45, 7) is 0. The molecule has 1 nitrogen and oxygen atoms in total.